The first-order valence-electron chi connectivity index (χ1n) is 11.4. The Kier molecular flexibility index (Phi) is 6.45. The highest BCUT2D eigenvalue weighted by atomic mass is 16.6. The lowest BCUT2D eigenvalue weighted by molar-refractivity contribution is -0.0135. The van der Waals surface area contributed by atoms with Crippen LogP contribution in [0.25, 0.3) is 0 Å². The molecule has 0 saturated carbocycles. The monoisotopic (exact) mass is 393 g/mol. The van der Waals surface area contributed by atoms with E-state index >= 15 is 0 Å². The zero-order valence-electron chi connectivity index (χ0n) is 17.9. The van der Waals surface area contributed by atoms with E-state index in [0.717, 1.165) is 77.7 Å². The minimum Gasteiger partial charge on any atom is -0.441 e. The average molecular weight is 394 g/mol. The van der Waals surface area contributed by atoms with Gasteiger partial charge in [0.2, 0.25) is 0 Å². The quantitative estimate of drug-likeness (QED) is 0.728. The molecule has 0 aliphatic carbocycles. The van der Waals surface area contributed by atoms with Crippen LogP contribution >= 0.6 is 0 Å². The van der Waals surface area contributed by atoms with Crippen molar-refractivity contribution in [2.24, 2.45) is 0 Å². The van der Waals surface area contributed by atoms with Crippen LogP contribution in [0.4, 0.5) is 4.79 Å². The fourth-order valence-corrected chi connectivity index (χ4v) is 5.52. The predicted octanol–water partition coefficient (Wildman–Crippen LogP) is 1.05. The molecule has 7 nitrogen and oxygen atoms in total. The molecule has 28 heavy (non-hydrogen) atoms. The van der Waals surface area contributed by atoms with E-state index in [4.69, 9.17) is 4.74 Å². The van der Waals surface area contributed by atoms with Crippen molar-refractivity contribution in [2.45, 2.75) is 56.2 Å². The molecule has 4 heterocycles. The van der Waals surface area contributed by atoms with Gasteiger partial charge in [0.15, 0.2) is 0 Å². The second-order valence-electron chi connectivity index (χ2n) is 9.55. The molecule has 4 aliphatic heterocycles. The molecule has 4 fully saturated rings. The Morgan fingerprint density at radius 1 is 1.11 bits per heavy atom. The molecule has 0 aromatic carbocycles. The largest absolute Gasteiger partial charge is 0.441 e. The maximum atomic E-state index is 12.5. The molecule has 1 N–H and O–H groups in total. The normalized spacial score (nSPS) is 29.9. The molecule has 160 valence electrons. The molecule has 0 radical (unpaired) electrons. The van der Waals surface area contributed by atoms with Gasteiger partial charge < -0.3 is 24.8 Å². The highest BCUT2D eigenvalue weighted by Gasteiger charge is 2.47. The summed E-state index contributed by atoms with van der Waals surface area (Å²) in [5.74, 6) is 0. The van der Waals surface area contributed by atoms with E-state index in [1.165, 1.54) is 25.8 Å². The van der Waals surface area contributed by atoms with Gasteiger partial charge in [-0.3, -0.25) is 4.90 Å². The van der Waals surface area contributed by atoms with Crippen molar-refractivity contribution in [3.63, 3.8) is 0 Å². The number of ether oxygens (including phenoxy) is 1. The summed E-state index contributed by atoms with van der Waals surface area (Å²) >= 11 is 0. The number of amides is 1. The van der Waals surface area contributed by atoms with Crippen LogP contribution in [0.3, 0.4) is 0 Å². The minimum atomic E-state index is -0.218. The molecule has 1 amide bonds. The summed E-state index contributed by atoms with van der Waals surface area (Å²) in [6.07, 6.45) is 6.73. The number of carbonyl (C=O) groups excluding carboxylic acids is 1. The lowest BCUT2D eigenvalue weighted by Gasteiger charge is -2.42. The van der Waals surface area contributed by atoms with Gasteiger partial charge in [0.25, 0.3) is 0 Å². The standard InChI is InChI=1S/C21H39N5O2/c1-23(2)19-6-13-24(16-19)11-3-12-26-17-21(28-20(26)27)7-14-25(15-8-21)18-4-9-22-10-5-18/h18-19,22H,3-17H2,1-2H3/t19-/m0/s1. The van der Waals surface area contributed by atoms with Crippen LogP contribution < -0.4 is 5.32 Å². The lowest BCUT2D eigenvalue weighted by Crippen LogP contribution is -2.52. The number of carbonyl (C=O) groups is 1. The van der Waals surface area contributed by atoms with Gasteiger partial charge in [-0.25, -0.2) is 4.79 Å². The van der Waals surface area contributed by atoms with E-state index in [1.807, 2.05) is 4.90 Å². The number of hydrogen-bond acceptors (Lipinski definition) is 6. The summed E-state index contributed by atoms with van der Waals surface area (Å²) in [4.78, 5) is 21.9. The fourth-order valence-electron chi connectivity index (χ4n) is 5.52. The third kappa shape index (κ3) is 4.64. The van der Waals surface area contributed by atoms with Gasteiger partial charge in [-0.2, -0.15) is 0 Å². The van der Waals surface area contributed by atoms with Gasteiger partial charge >= 0.3 is 6.09 Å². The van der Waals surface area contributed by atoms with Crippen molar-refractivity contribution in [3.8, 4) is 0 Å². The van der Waals surface area contributed by atoms with Gasteiger partial charge in [-0.1, -0.05) is 0 Å². The summed E-state index contributed by atoms with van der Waals surface area (Å²) < 4.78 is 5.94. The third-order valence-electron chi connectivity index (χ3n) is 7.46. The van der Waals surface area contributed by atoms with Gasteiger partial charge in [-0.15, -0.1) is 0 Å². The highest BCUT2D eigenvalue weighted by Crippen LogP contribution is 2.34. The number of rotatable bonds is 6. The molecule has 0 aromatic rings. The number of nitrogens with one attached hydrogen (secondary N) is 1. The Hall–Kier alpha value is -0.890. The Balaban J connectivity index is 1.19. The zero-order chi connectivity index (χ0) is 19.6. The lowest BCUT2D eigenvalue weighted by atomic mass is 9.89. The van der Waals surface area contributed by atoms with Gasteiger partial charge in [0.05, 0.1) is 6.54 Å². The smallest absolute Gasteiger partial charge is 0.410 e. The van der Waals surface area contributed by atoms with Gasteiger partial charge in [-0.05, 0) is 66.0 Å². The Morgan fingerprint density at radius 2 is 1.86 bits per heavy atom. The van der Waals surface area contributed by atoms with Crippen LogP contribution in [-0.4, -0.2) is 116 Å². The second kappa shape index (κ2) is 8.86. The van der Waals surface area contributed by atoms with Crippen molar-refractivity contribution < 1.29 is 9.53 Å². The van der Waals surface area contributed by atoms with Crippen LogP contribution in [0.2, 0.25) is 0 Å². The molecule has 4 rings (SSSR count). The summed E-state index contributed by atoms with van der Waals surface area (Å²) in [7, 11) is 4.34. The van der Waals surface area contributed by atoms with E-state index in [1.54, 1.807) is 0 Å². The van der Waals surface area contributed by atoms with Crippen LogP contribution in [0.15, 0.2) is 0 Å². The molecular weight excluding hydrogens is 354 g/mol. The Morgan fingerprint density at radius 3 is 2.54 bits per heavy atom. The number of likely N-dealkylation sites (tertiary alicyclic amines) is 2. The molecule has 4 saturated heterocycles. The fraction of sp³-hybridized carbons (Fsp3) is 0.952. The molecular formula is C21H39N5O2. The van der Waals surface area contributed by atoms with E-state index in [0.29, 0.717) is 6.04 Å². The van der Waals surface area contributed by atoms with Crippen LogP contribution in [0, 0.1) is 0 Å². The topological polar surface area (TPSA) is 51.3 Å². The molecule has 0 unspecified atom stereocenters. The first-order chi connectivity index (χ1) is 13.5. The SMILES string of the molecule is CN(C)[C@H]1CCN(CCCN2CC3(CCN(C4CCNCC4)CC3)OC2=O)C1. The number of nitrogens with zero attached hydrogens (tertiary/aromatic N) is 4. The highest BCUT2D eigenvalue weighted by molar-refractivity contribution is 5.70. The number of likely N-dealkylation sites (N-methyl/N-ethyl adjacent to an activating group) is 1. The van der Waals surface area contributed by atoms with Crippen LogP contribution in [0.1, 0.15) is 38.5 Å². The summed E-state index contributed by atoms with van der Waals surface area (Å²) in [5.41, 5.74) is -0.218. The minimum absolute atomic E-state index is 0.0806. The van der Waals surface area contributed by atoms with Crippen LogP contribution in [-0.2, 0) is 4.74 Å². The van der Waals surface area contributed by atoms with Crippen molar-refractivity contribution in [1.82, 2.24) is 24.9 Å². The first kappa shape index (κ1) is 20.4. The van der Waals surface area contributed by atoms with E-state index < -0.39 is 0 Å². The molecule has 1 spiro atoms. The average Bonchev–Trinajstić information content (AvgIpc) is 3.29. The first-order valence-corrected chi connectivity index (χ1v) is 11.4. The zero-order valence-corrected chi connectivity index (χ0v) is 17.9. The number of piperidine rings is 2. The second-order valence-corrected chi connectivity index (χ2v) is 9.55. The van der Waals surface area contributed by atoms with Crippen molar-refractivity contribution in [3.05, 3.63) is 0 Å². The Bertz CT molecular complexity index is 529. The predicted molar refractivity (Wildman–Crippen MR) is 111 cm³/mol. The van der Waals surface area contributed by atoms with Crippen molar-refractivity contribution in [2.75, 3.05) is 73.0 Å². The Labute approximate surface area is 170 Å². The summed E-state index contributed by atoms with van der Waals surface area (Å²) in [5, 5.41) is 3.45. The molecule has 0 aromatic heterocycles. The van der Waals surface area contributed by atoms with Crippen LogP contribution in [0.5, 0.6) is 0 Å². The van der Waals surface area contributed by atoms with Gasteiger partial charge in [0, 0.05) is 51.1 Å². The van der Waals surface area contributed by atoms with E-state index in [2.05, 4.69) is 34.1 Å². The number of hydrogen-bond donors (Lipinski definition) is 1. The molecule has 4 aliphatic rings. The van der Waals surface area contributed by atoms with Gasteiger partial charge in [0.1, 0.15) is 5.60 Å². The maximum absolute atomic E-state index is 12.5. The van der Waals surface area contributed by atoms with E-state index in [-0.39, 0.29) is 11.7 Å². The summed E-state index contributed by atoms with van der Waals surface area (Å²) in [6, 6.07) is 1.41. The molecule has 7 heteroatoms. The van der Waals surface area contributed by atoms with E-state index in [9.17, 15) is 4.79 Å². The third-order valence-corrected chi connectivity index (χ3v) is 7.46. The summed E-state index contributed by atoms with van der Waals surface area (Å²) in [6.45, 7) is 9.50. The maximum Gasteiger partial charge on any atom is 0.410 e. The van der Waals surface area contributed by atoms with Crippen molar-refractivity contribution in [1.29, 1.82) is 0 Å². The molecule has 1 atom stereocenters. The molecule has 0 bridgehead atoms. The van der Waals surface area contributed by atoms with Crippen molar-refractivity contribution >= 4 is 6.09 Å².